The van der Waals surface area contributed by atoms with Crippen LogP contribution in [0.2, 0.25) is 0 Å². The van der Waals surface area contributed by atoms with Gasteiger partial charge in [-0.1, -0.05) is 19.9 Å². The molecule has 4 heteroatoms. The first kappa shape index (κ1) is 16.8. The van der Waals surface area contributed by atoms with Crippen LogP contribution in [-0.4, -0.2) is 26.9 Å². The molecule has 0 saturated heterocycles. The number of hydrogen-bond donors (Lipinski definition) is 1. The van der Waals surface area contributed by atoms with Crippen LogP contribution in [0.25, 0.3) is 0 Å². The third-order valence-corrected chi connectivity index (χ3v) is 4.80. The number of ether oxygens (including phenoxy) is 2. The molecule has 1 saturated carbocycles. The summed E-state index contributed by atoms with van der Waals surface area (Å²) in [6.45, 7) is 6.70. The summed E-state index contributed by atoms with van der Waals surface area (Å²) in [4.78, 5) is 0. The van der Waals surface area contributed by atoms with Crippen molar-refractivity contribution in [2.75, 3.05) is 26.9 Å². The predicted molar refractivity (Wildman–Crippen MR) is 89.8 cm³/mol. The van der Waals surface area contributed by atoms with E-state index in [2.05, 4.69) is 53.3 Å². The van der Waals surface area contributed by atoms with Gasteiger partial charge in [-0.3, -0.25) is 0 Å². The van der Waals surface area contributed by atoms with E-state index in [-0.39, 0.29) is 0 Å². The van der Waals surface area contributed by atoms with Crippen LogP contribution in [0.4, 0.5) is 0 Å². The van der Waals surface area contributed by atoms with Crippen molar-refractivity contribution in [3.8, 4) is 5.75 Å². The average Bonchev–Trinajstić information content (AvgIpc) is 3.30. The van der Waals surface area contributed by atoms with Crippen LogP contribution in [-0.2, 0) is 4.74 Å². The smallest absolute Gasteiger partial charge is 0.133 e. The SMILES string of the molecule is CCNC(c1ccc(OCCOC)c(Br)c1)C(C)C1CC1. The monoisotopic (exact) mass is 355 g/mol. The molecule has 0 aliphatic heterocycles. The first-order valence-corrected chi connectivity index (χ1v) is 8.61. The van der Waals surface area contributed by atoms with Gasteiger partial charge >= 0.3 is 0 Å². The maximum atomic E-state index is 5.70. The summed E-state index contributed by atoms with van der Waals surface area (Å²) in [5.74, 6) is 2.44. The highest BCUT2D eigenvalue weighted by atomic mass is 79.9. The molecule has 0 amide bonds. The molecule has 1 aromatic carbocycles. The van der Waals surface area contributed by atoms with E-state index >= 15 is 0 Å². The molecule has 0 aromatic heterocycles. The zero-order valence-electron chi connectivity index (χ0n) is 13.2. The summed E-state index contributed by atoms with van der Waals surface area (Å²) in [5, 5.41) is 3.64. The molecular weight excluding hydrogens is 330 g/mol. The quantitative estimate of drug-likeness (QED) is 0.674. The van der Waals surface area contributed by atoms with Crippen LogP contribution >= 0.6 is 15.9 Å². The lowest BCUT2D eigenvalue weighted by atomic mass is 9.90. The Bertz CT molecular complexity index is 448. The number of benzene rings is 1. The van der Waals surface area contributed by atoms with E-state index in [1.165, 1.54) is 18.4 Å². The number of methoxy groups -OCH3 is 1. The number of nitrogens with one attached hydrogen (secondary N) is 1. The van der Waals surface area contributed by atoms with Gasteiger partial charge in [0.25, 0.3) is 0 Å². The van der Waals surface area contributed by atoms with E-state index in [4.69, 9.17) is 9.47 Å². The molecule has 1 N–H and O–H groups in total. The van der Waals surface area contributed by atoms with E-state index in [1.807, 2.05) is 0 Å². The van der Waals surface area contributed by atoms with Gasteiger partial charge in [-0.15, -0.1) is 0 Å². The molecular formula is C17H26BrNO2. The maximum absolute atomic E-state index is 5.70. The zero-order chi connectivity index (χ0) is 15.2. The molecule has 2 unspecified atom stereocenters. The molecule has 1 fully saturated rings. The lowest BCUT2D eigenvalue weighted by Gasteiger charge is -2.26. The summed E-state index contributed by atoms with van der Waals surface area (Å²) < 4.78 is 11.7. The van der Waals surface area contributed by atoms with E-state index in [0.717, 1.165) is 22.7 Å². The molecule has 2 rings (SSSR count). The van der Waals surface area contributed by atoms with Crippen LogP contribution in [0.5, 0.6) is 5.75 Å². The van der Waals surface area contributed by atoms with E-state index in [1.54, 1.807) is 7.11 Å². The van der Waals surface area contributed by atoms with E-state index in [0.29, 0.717) is 25.2 Å². The van der Waals surface area contributed by atoms with Crippen LogP contribution in [0.15, 0.2) is 22.7 Å². The van der Waals surface area contributed by atoms with Crippen molar-refractivity contribution in [3.05, 3.63) is 28.2 Å². The molecule has 1 aromatic rings. The second-order valence-corrected chi connectivity index (χ2v) is 6.62. The molecule has 0 bridgehead atoms. The Morgan fingerprint density at radius 3 is 2.67 bits per heavy atom. The molecule has 0 heterocycles. The first-order chi connectivity index (χ1) is 10.2. The second kappa shape index (κ2) is 8.16. The largest absolute Gasteiger partial charge is 0.490 e. The van der Waals surface area contributed by atoms with Crippen molar-refractivity contribution in [2.24, 2.45) is 11.8 Å². The van der Waals surface area contributed by atoms with Crippen molar-refractivity contribution < 1.29 is 9.47 Å². The van der Waals surface area contributed by atoms with Gasteiger partial charge in [0.05, 0.1) is 11.1 Å². The second-order valence-electron chi connectivity index (χ2n) is 5.76. The zero-order valence-corrected chi connectivity index (χ0v) is 14.8. The van der Waals surface area contributed by atoms with E-state index in [9.17, 15) is 0 Å². The van der Waals surface area contributed by atoms with Crippen molar-refractivity contribution in [3.63, 3.8) is 0 Å². The summed E-state index contributed by atoms with van der Waals surface area (Å²) in [6, 6.07) is 6.85. The minimum atomic E-state index is 0.423. The fourth-order valence-electron chi connectivity index (χ4n) is 2.78. The topological polar surface area (TPSA) is 30.5 Å². The predicted octanol–water partition coefficient (Wildman–Crippen LogP) is 4.17. The maximum Gasteiger partial charge on any atom is 0.133 e. The fraction of sp³-hybridized carbons (Fsp3) is 0.647. The number of rotatable bonds is 9. The summed E-state index contributed by atoms with van der Waals surface area (Å²) >= 11 is 3.63. The normalized spacial score (nSPS) is 17.5. The number of hydrogen-bond acceptors (Lipinski definition) is 3. The molecule has 21 heavy (non-hydrogen) atoms. The Hall–Kier alpha value is -0.580. The van der Waals surface area contributed by atoms with Gasteiger partial charge in [-0.05, 0) is 64.8 Å². The Morgan fingerprint density at radius 1 is 1.33 bits per heavy atom. The van der Waals surface area contributed by atoms with Crippen LogP contribution in [0, 0.1) is 11.8 Å². The van der Waals surface area contributed by atoms with Gasteiger partial charge in [0.15, 0.2) is 0 Å². The highest BCUT2D eigenvalue weighted by Crippen LogP contribution is 2.43. The van der Waals surface area contributed by atoms with Crippen LogP contribution in [0.3, 0.4) is 0 Å². The average molecular weight is 356 g/mol. The van der Waals surface area contributed by atoms with Crippen molar-refractivity contribution in [1.29, 1.82) is 0 Å². The highest BCUT2D eigenvalue weighted by Gasteiger charge is 2.33. The third-order valence-electron chi connectivity index (χ3n) is 4.18. The third kappa shape index (κ3) is 4.70. The lowest BCUT2D eigenvalue weighted by molar-refractivity contribution is 0.146. The highest BCUT2D eigenvalue weighted by molar-refractivity contribution is 9.10. The van der Waals surface area contributed by atoms with Gasteiger partial charge in [0, 0.05) is 13.2 Å². The summed E-state index contributed by atoms with van der Waals surface area (Å²) in [5.41, 5.74) is 1.34. The Morgan fingerprint density at radius 2 is 2.10 bits per heavy atom. The van der Waals surface area contributed by atoms with Gasteiger partial charge in [-0.25, -0.2) is 0 Å². The van der Waals surface area contributed by atoms with Crippen molar-refractivity contribution in [1.82, 2.24) is 5.32 Å². The summed E-state index contributed by atoms with van der Waals surface area (Å²) in [6.07, 6.45) is 2.75. The van der Waals surface area contributed by atoms with E-state index < -0.39 is 0 Å². The van der Waals surface area contributed by atoms with Crippen LogP contribution < -0.4 is 10.1 Å². The number of halogens is 1. The fourth-order valence-corrected chi connectivity index (χ4v) is 3.29. The molecule has 1 aliphatic carbocycles. The Kier molecular flexibility index (Phi) is 6.52. The molecule has 2 atom stereocenters. The van der Waals surface area contributed by atoms with Gasteiger partial charge in [0.1, 0.15) is 12.4 Å². The van der Waals surface area contributed by atoms with Gasteiger partial charge < -0.3 is 14.8 Å². The lowest BCUT2D eigenvalue weighted by Crippen LogP contribution is -2.27. The molecule has 0 spiro atoms. The van der Waals surface area contributed by atoms with Gasteiger partial charge in [-0.2, -0.15) is 0 Å². The minimum absolute atomic E-state index is 0.423. The summed E-state index contributed by atoms with van der Waals surface area (Å²) in [7, 11) is 1.68. The van der Waals surface area contributed by atoms with Gasteiger partial charge in [0.2, 0.25) is 0 Å². The van der Waals surface area contributed by atoms with Crippen molar-refractivity contribution in [2.45, 2.75) is 32.7 Å². The Balaban J connectivity index is 2.08. The standard InChI is InChI=1S/C17H26BrNO2/c1-4-19-17(12(2)13-5-6-13)14-7-8-16(15(18)11-14)21-10-9-20-3/h7-8,11-13,17,19H,4-6,9-10H2,1-3H3. The molecule has 0 radical (unpaired) electrons. The minimum Gasteiger partial charge on any atom is -0.490 e. The molecule has 118 valence electrons. The Labute approximate surface area is 136 Å². The molecule has 1 aliphatic rings. The first-order valence-electron chi connectivity index (χ1n) is 7.82. The molecule has 3 nitrogen and oxygen atoms in total. The van der Waals surface area contributed by atoms with Crippen molar-refractivity contribution >= 4 is 15.9 Å². The van der Waals surface area contributed by atoms with Crippen LogP contribution in [0.1, 0.15) is 38.3 Å².